The van der Waals surface area contributed by atoms with E-state index in [0.717, 1.165) is 36.0 Å². The summed E-state index contributed by atoms with van der Waals surface area (Å²) in [6, 6.07) is 5.88. The van der Waals surface area contributed by atoms with E-state index in [1.54, 1.807) is 0 Å². The first-order chi connectivity index (χ1) is 9.26. The van der Waals surface area contributed by atoms with E-state index in [1.165, 1.54) is 5.56 Å². The molecule has 0 saturated carbocycles. The lowest BCUT2D eigenvalue weighted by molar-refractivity contribution is 0.174. The zero-order valence-electron chi connectivity index (χ0n) is 11.1. The van der Waals surface area contributed by atoms with Crippen molar-refractivity contribution in [3.8, 4) is 11.5 Å². The quantitative estimate of drug-likeness (QED) is 0.916. The molecular weight excluding hydrogens is 242 g/mol. The first kappa shape index (κ1) is 11.9. The van der Waals surface area contributed by atoms with Gasteiger partial charge in [0.15, 0.2) is 11.5 Å². The van der Waals surface area contributed by atoms with E-state index in [0.29, 0.717) is 6.79 Å². The van der Waals surface area contributed by atoms with Gasteiger partial charge in [0, 0.05) is 36.6 Å². The molecule has 100 valence electrons. The zero-order valence-corrected chi connectivity index (χ0v) is 11.1. The topological polar surface area (TPSA) is 48.3 Å². The van der Waals surface area contributed by atoms with Crippen LogP contribution in [0.25, 0.3) is 0 Å². The van der Waals surface area contributed by atoms with Gasteiger partial charge in [-0.3, -0.25) is 4.68 Å². The number of hydrogen-bond donors (Lipinski definition) is 1. The first-order valence-electron chi connectivity index (χ1n) is 6.42. The van der Waals surface area contributed by atoms with Gasteiger partial charge in [-0.2, -0.15) is 5.10 Å². The van der Waals surface area contributed by atoms with Crippen LogP contribution in [-0.4, -0.2) is 16.6 Å². The molecule has 0 unspecified atom stereocenters. The molecule has 0 bridgehead atoms. The molecule has 0 saturated heterocycles. The number of hydrogen-bond acceptors (Lipinski definition) is 4. The van der Waals surface area contributed by atoms with Gasteiger partial charge in [-0.1, -0.05) is 0 Å². The van der Waals surface area contributed by atoms with Crippen molar-refractivity contribution in [3.63, 3.8) is 0 Å². The Balaban J connectivity index is 1.70. The van der Waals surface area contributed by atoms with E-state index < -0.39 is 0 Å². The summed E-state index contributed by atoms with van der Waals surface area (Å²) >= 11 is 0. The Labute approximate surface area is 112 Å². The van der Waals surface area contributed by atoms with E-state index in [2.05, 4.69) is 23.5 Å². The molecule has 5 heteroatoms. The minimum Gasteiger partial charge on any atom is -0.454 e. The number of rotatable bonds is 4. The number of fused-ring (bicyclic) bond motifs is 1. The van der Waals surface area contributed by atoms with Crippen LogP contribution in [0.4, 0.5) is 5.69 Å². The number of aryl methyl sites for hydroxylation is 2. The molecule has 2 heterocycles. The van der Waals surface area contributed by atoms with Crippen LogP contribution in [0.1, 0.15) is 18.2 Å². The normalized spacial score (nSPS) is 12.7. The van der Waals surface area contributed by atoms with Crippen LogP contribution in [0.3, 0.4) is 0 Å². The number of ether oxygens (including phenoxy) is 2. The molecule has 0 atom stereocenters. The third kappa shape index (κ3) is 2.36. The Morgan fingerprint density at radius 3 is 2.95 bits per heavy atom. The SMILES string of the molecule is CCn1cc(CNc2ccc3c(c2)OCO3)c(C)n1. The van der Waals surface area contributed by atoms with Crippen molar-refractivity contribution in [3.05, 3.63) is 35.7 Å². The lowest BCUT2D eigenvalue weighted by atomic mass is 10.2. The summed E-state index contributed by atoms with van der Waals surface area (Å²) in [7, 11) is 0. The van der Waals surface area contributed by atoms with E-state index in [-0.39, 0.29) is 0 Å². The van der Waals surface area contributed by atoms with Gasteiger partial charge in [0.25, 0.3) is 0 Å². The summed E-state index contributed by atoms with van der Waals surface area (Å²) in [5.74, 6) is 1.60. The largest absolute Gasteiger partial charge is 0.454 e. The van der Waals surface area contributed by atoms with Crippen LogP contribution in [0.5, 0.6) is 11.5 Å². The van der Waals surface area contributed by atoms with Crippen molar-refractivity contribution in [1.82, 2.24) is 9.78 Å². The minimum atomic E-state index is 0.307. The highest BCUT2D eigenvalue weighted by Gasteiger charge is 2.13. The zero-order chi connectivity index (χ0) is 13.2. The molecule has 1 N–H and O–H groups in total. The minimum absolute atomic E-state index is 0.307. The molecule has 3 rings (SSSR count). The third-order valence-electron chi connectivity index (χ3n) is 3.23. The van der Waals surface area contributed by atoms with Crippen molar-refractivity contribution in [2.24, 2.45) is 0 Å². The Kier molecular flexibility index (Phi) is 3.03. The van der Waals surface area contributed by atoms with E-state index in [1.807, 2.05) is 29.8 Å². The highest BCUT2D eigenvalue weighted by Crippen LogP contribution is 2.34. The summed E-state index contributed by atoms with van der Waals surface area (Å²) in [6.45, 7) is 6.07. The summed E-state index contributed by atoms with van der Waals surface area (Å²) < 4.78 is 12.6. The van der Waals surface area contributed by atoms with Gasteiger partial charge in [0.1, 0.15) is 0 Å². The van der Waals surface area contributed by atoms with Gasteiger partial charge < -0.3 is 14.8 Å². The first-order valence-corrected chi connectivity index (χ1v) is 6.42. The van der Waals surface area contributed by atoms with Crippen molar-refractivity contribution in [1.29, 1.82) is 0 Å². The van der Waals surface area contributed by atoms with Crippen molar-refractivity contribution in [2.75, 3.05) is 12.1 Å². The van der Waals surface area contributed by atoms with Gasteiger partial charge in [-0.05, 0) is 26.0 Å². The van der Waals surface area contributed by atoms with Crippen LogP contribution >= 0.6 is 0 Å². The molecule has 0 aliphatic carbocycles. The predicted octanol–water partition coefficient (Wildman–Crippen LogP) is 2.55. The fraction of sp³-hybridized carbons (Fsp3) is 0.357. The van der Waals surface area contributed by atoms with Gasteiger partial charge in [0.05, 0.1) is 5.69 Å². The van der Waals surface area contributed by atoms with Crippen LogP contribution in [-0.2, 0) is 13.1 Å². The van der Waals surface area contributed by atoms with Gasteiger partial charge >= 0.3 is 0 Å². The molecule has 0 radical (unpaired) electrons. The molecule has 0 fully saturated rings. The van der Waals surface area contributed by atoms with Gasteiger partial charge in [0.2, 0.25) is 6.79 Å². The van der Waals surface area contributed by atoms with Crippen molar-refractivity contribution < 1.29 is 9.47 Å². The molecule has 1 aromatic carbocycles. The maximum atomic E-state index is 5.36. The van der Waals surface area contributed by atoms with Crippen LogP contribution in [0.2, 0.25) is 0 Å². The summed E-state index contributed by atoms with van der Waals surface area (Å²) in [4.78, 5) is 0. The molecule has 1 aromatic heterocycles. The van der Waals surface area contributed by atoms with Crippen LogP contribution < -0.4 is 14.8 Å². The van der Waals surface area contributed by atoms with Gasteiger partial charge in [-0.25, -0.2) is 0 Å². The Hall–Kier alpha value is -2.17. The maximum Gasteiger partial charge on any atom is 0.231 e. The highest BCUT2D eigenvalue weighted by atomic mass is 16.7. The molecule has 19 heavy (non-hydrogen) atoms. The smallest absolute Gasteiger partial charge is 0.231 e. The number of nitrogens with zero attached hydrogens (tertiary/aromatic N) is 2. The number of anilines is 1. The lowest BCUT2D eigenvalue weighted by Crippen LogP contribution is -1.99. The summed E-state index contributed by atoms with van der Waals surface area (Å²) in [5.41, 5.74) is 3.29. The number of aromatic nitrogens is 2. The molecule has 5 nitrogen and oxygen atoms in total. The lowest BCUT2D eigenvalue weighted by Gasteiger charge is -2.06. The number of benzene rings is 1. The Morgan fingerprint density at radius 1 is 1.32 bits per heavy atom. The van der Waals surface area contributed by atoms with E-state index >= 15 is 0 Å². The van der Waals surface area contributed by atoms with E-state index in [4.69, 9.17) is 9.47 Å². The fourth-order valence-electron chi connectivity index (χ4n) is 2.10. The van der Waals surface area contributed by atoms with Crippen molar-refractivity contribution in [2.45, 2.75) is 26.9 Å². The standard InChI is InChI=1S/C14H17N3O2/c1-3-17-8-11(10(2)16-17)7-15-12-4-5-13-14(6-12)19-9-18-13/h4-6,8,15H,3,7,9H2,1-2H3. The summed E-state index contributed by atoms with van der Waals surface area (Å²) in [6.07, 6.45) is 2.08. The molecule has 0 amide bonds. The molecule has 2 aromatic rings. The second-order valence-electron chi connectivity index (χ2n) is 4.52. The molecule has 1 aliphatic rings. The van der Waals surface area contributed by atoms with Gasteiger partial charge in [-0.15, -0.1) is 0 Å². The highest BCUT2D eigenvalue weighted by molar-refractivity contribution is 5.55. The molecule has 0 spiro atoms. The second kappa shape index (κ2) is 4.84. The maximum absolute atomic E-state index is 5.36. The van der Waals surface area contributed by atoms with Crippen LogP contribution in [0.15, 0.2) is 24.4 Å². The third-order valence-corrected chi connectivity index (χ3v) is 3.23. The predicted molar refractivity (Wildman–Crippen MR) is 72.5 cm³/mol. The molecular formula is C14H17N3O2. The Bertz CT molecular complexity index is 592. The van der Waals surface area contributed by atoms with Crippen LogP contribution in [0, 0.1) is 6.92 Å². The summed E-state index contributed by atoms with van der Waals surface area (Å²) in [5, 5.41) is 7.81. The molecule has 1 aliphatic heterocycles. The van der Waals surface area contributed by atoms with E-state index in [9.17, 15) is 0 Å². The Morgan fingerprint density at radius 2 is 2.16 bits per heavy atom. The second-order valence-corrected chi connectivity index (χ2v) is 4.52. The monoisotopic (exact) mass is 259 g/mol. The average Bonchev–Trinajstić information content (AvgIpc) is 3.02. The number of nitrogens with one attached hydrogen (secondary N) is 1. The van der Waals surface area contributed by atoms with Crippen molar-refractivity contribution >= 4 is 5.69 Å². The fourth-order valence-corrected chi connectivity index (χ4v) is 2.10. The average molecular weight is 259 g/mol.